The minimum Gasteiger partial charge on any atom is -0.490 e. The Kier molecular flexibility index (Phi) is 7.33. The van der Waals surface area contributed by atoms with Crippen LogP contribution in [0.5, 0.6) is 5.75 Å². The average Bonchev–Trinajstić information content (AvgIpc) is 2.79. The van der Waals surface area contributed by atoms with Crippen LogP contribution >= 0.6 is 12.4 Å². The van der Waals surface area contributed by atoms with Crippen molar-refractivity contribution in [2.24, 2.45) is 0 Å². The fourth-order valence-electron chi connectivity index (χ4n) is 4.20. The number of piperidine rings is 1. The van der Waals surface area contributed by atoms with Crippen LogP contribution in [0.3, 0.4) is 0 Å². The number of fused-ring (bicyclic) bond motifs is 1. The molecule has 156 valence electrons. The molecule has 1 atom stereocenters. The largest absolute Gasteiger partial charge is 0.490 e. The van der Waals surface area contributed by atoms with Crippen LogP contribution in [0.15, 0.2) is 72.8 Å². The first kappa shape index (κ1) is 22.1. The highest BCUT2D eigenvalue weighted by atomic mass is 35.5. The maximum atomic E-state index is 10.5. The number of hydrogen-bond acceptors (Lipinski definition) is 4. The van der Waals surface area contributed by atoms with Gasteiger partial charge in [0, 0.05) is 25.0 Å². The van der Waals surface area contributed by atoms with Gasteiger partial charge >= 0.3 is 0 Å². The van der Waals surface area contributed by atoms with Crippen molar-refractivity contribution in [3.05, 3.63) is 78.4 Å². The molecule has 3 aromatic carbocycles. The number of nitrogens with zero attached hydrogens (tertiary/aromatic N) is 2. The molecule has 5 heteroatoms. The van der Waals surface area contributed by atoms with E-state index in [4.69, 9.17) is 4.74 Å². The van der Waals surface area contributed by atoms with Crippen molar-refractivity contribution >= 4 is 23.2 Å². The molecule has 1 unspecified atom stereocenters. The van der Waals surface area contributed by atoms with E-state index in [1.807, 2.05) is 60.7 Å². The number of halogens is 1. The monoisotopic (exact) mass is 422 g/mol. The van der Waals surface area contributed by atoms with Gasteiger partial charge in [-0.05, 0) is 29.9 Å². The van der Waals surface area contributed by atoms with E-state index in [0.29, 0.717) is 6.54 Å². The van der Waals surface area contributed by atoms with E-state index in [0.717, 1.165) is 48.0 Å². The number of nitriles is 1. The molecule has 1 fully saturated rings. The lowest BCUT2D eigenvalue weighted by Crippen LogP contribution is -2.45. The normalized spacial score (nSPS) is 16.9. The van der Waals surface area contributed by atoms with Crippen molar-refractivity contribution in [1.82, 2.24) is 4.90 Å². The second-order valence-electron chi connectivity index (χ2n) is 7.80. The van der Waals surface area contributed by atoms with Gasteiger partial charge in [-0.25, -0.2) is 0 Å². The van der Waals surface area contributed by atoms with Gasteiger partial charge in [-0.1, -0.05) is 66.7 Å². The molecule has 1 aliphatic rings. The zero-order chi connectivity index (χ0) is 20.1. The average molecular weight is 423 g/mol. The van der Waals surface area contributed by atoms with Gasteiger partial charge in [0.05, 0.1) is 11.5 Å². The van der Waals surface area contributed by atoms with Crippen molar-refractivity contribution in [3.63, 3.8) is 0 Å². The lowest BCUT2D eigenvalue weighted by Gasteiger charge is -2.38. The maximum absolute atomic E-state index is 10.5. The van der Waals surface area contributed by atoms with Crippen LogP contribution in [0.4, 0.5) is 0 Å². The highest BCUT2D eigenvalue weighted by Gasteiger charge is 2.36. The van der Waals surface area contributed by atoms with Crippen LogP contribution in [0, 0.1) is 11.3 Å². The third-order valence-electron chi connectivity index (χ3n) is 5.90. The molecule has 0 radical (unpaired) electrons. The number of aliphatic hydroxyl groups excluding tert-OH is 1. The summed E-state index contributed by atoms with van der Waals surface area (Å²) in [5, 5.41) is 22.5. The number of likely N-dealkylation sites (tertiary alicyclic amines) is 1. The molecule has 0 aromatic heterocycles. The molecule has 1 N–H and O–H groups in total. The molecule has 0 spiro atoms. The van der Waals surface area contributed by atoms with Crippen LogP contribution < -0.4 is 4.74 Å². The van der Waals surface area contributed by atoms with Crippen molar-refractivity contribution in [1.29, 1.82) is 5.26 Å². The Morgan fingerprint density at radius 3 is 2.37 bits per heavy atom. The zero-order valence-corrected chi connectivity index (χ0v) is 17.7. The van der Waals surface area contributed by atoms with Crippen LogP contribution in [0.25, 0.3) is 10.8 Å². The Bertz CT molecular complexity index is 989. The molecule has 1 aliphatic heterocycles. The maximum Gasteiger partial charge on any atom is 0.127 e. The summed E-state index contributed by atoms with van der Waals surface area (Å²) in [6.45, 7) is 2.41. The topological polar surface area (TPSA) is 56.5 Å². The Hall–Kier alpha value is -2.58. The van der Waals surface area contributed by atoms with Crippen LogP contribution in [0.1, 0.15) is 18.4 Å². The Labute approximate surface area is 184 Å². The van der Waals surface area contributed by atoms with Gasteiger partial charge in [0.2, 0.25) is 0 Å². The molecule has 4 rings (SSSR count). The summed E-state index contributed by atoms with van der Waals surface area (Å²) >= 11 is 0. The highest BCUT2D eigenvalue weighted by Crippen LogP contribution is 2.35. The Morgan fingerprint density at radius 1 is 0.967 bits per heavy atom. The summed E-state index contributed by atoms with van der Waals surface area (Å²) in [6, 6.07) is 26.7. The van der Waals surface area contributed by atoms with Crippen molar-refractivity contribution in [2.75, 3.05) is 26.2 Å². The van der Waals surface area contributed by atoms with Gasteiger partial charge in [0.25, 0.3) is 0 Å². The predicted octanol–water partition coefficient (Wildman–Crippen LogP) is 4.56. The van der Waals surface area contributed by atoms with Crippen molar-refractivity contribution in [2.45, 2.75) is 24.4 Å². The lowest BCUT2D eigenvalue weighted by molar-refractivity contribution is 0.0557. The van der Waals surface area contributed by atoms with Crippen molar-refractivity contribution < 1.29 is 9.84 Å². The number of hydrogen-bond donors (Lipinski definition) is 1. The summed E-state index contributed by atoms with van der Waals surface area (Å²) < 4.78 is 5.93. The minimum atomic E-state index is -0.569. The molecule has 0 aliphatic carbocycles. The van der Waals surface area contributed by atoms with Crippen LogP contribution in [-0.2, 0) is 5.41 Å². The number of benzene rings is 3. The van der Waals surface area contributed by atoms with E-state index in [1.54, 1.807) is 0 Å². The standard InChI is InChI=1S/C25H26N2O2.ClH/c26-19-25(21-9-2-1-3-10-21)13-15-27(16-14-25)17-22(28)18-29-24-12-6-8-20-7-4-5-11-23(20)24;/h1-12,22,28H,13-18H2;1H. The lowest BCUT2D eigenvalue weighted by atomic mass is 9.74. The number of aliphatic hydroxyl groups is 1. The molecule has 0 saturated carbocycles. The molecule has 4 nitrogen and oxygen atoms in total. The van der Waals surface area contributed by atoms with Crippen molar-refractivity contribution in [3.8, 4) is 11.8 Å². The predicted molar refractivity (Wildman–Crippen MR) is 122 cm³/mol. The third kappa shape index (κ3) is 4.76. The molecule has 0 bridgehead atoms. The van der Waals surface area contributed by atoms with E-state index < -0.39 is 11.5 Å². The van der Waals surface area contributed by atoms with E-state index in [9.17, 15) is 10.4 Å². The van der Waals surface area contributed by atoms with E-state index >= 15 is 0 Å². The van der Waals surface area contributed by atoms with Gasteiger partial charge in [-0.2, -0.15) is 5.26 Å². The number of β-amino-alcohol motifs (C(OH)–C–C–N with tert-alkyl or cyclic N) is 1. The van der Waals surface area contributed by atoms with E-state index in [2.05, 4.69) is 23.1 Å². The first-order chi connectivity index (χ1) is 14.2. The van der Waals surface area contributed by atoms with Gasteiger partial charge in [-0.15, -0.1) is 12.4 Å². The second-order valence-corrected chi connectivity index (χ2v) is 7.80. The van der Waals surface area contributed by atoms with Gasteiger partial charge in [-0.3, -0.25) is 0 Å². The molecular formula is C25H27ClN2O2. The summed E-state index contributed by atoms with van der Waals surface area (Å²) in [7, 11) is 0. The summed E-state index contributed by atoms with van der Waals surface area (Å²) in [5.74, 6) is 0.799. The molecule has 3 aromatic rings. The number of ether oxygens (including phenoxy) is 1. The quantitative estimate of drug-likeness (QED) is 0.632. The smallest absolute Gasteiger partial charge is 0.127 e. The fraction of sp³-hybridized carbons (Fsp3) is 0.320. The van der Waals surface area contributed by atoms with Gasteiger partial charge in [0.1, 0.15) is 18.5 Å². The van der Waals surface area contributed by atoms with E-state index in [1.165, 1.54) is 0 Å². The second kappa shape index (κ2) is 9.95. The van der Waals surface area contributed by atoms with E-state index in [-0.39, 0.29) is 19.0 Å². The first-order valence-corrected chi connectivity index (χ1v) is 10.2. The Morgan fingerprint density at radius 2 is 1.63 bits per heavy atom. The zero-order valence-electron chi connectivity index (χ0n) is 16.9. The Balaban J connectivity index is 0.00000256. The molecule has 30 heavy (non-hydrogen) atoms. The molecular weight excluding hydrogens is 396 g/mol. The molecule has 1 heterocycles. The van der Waals surface area contributed by atoms with Crippen LogP contribution in [-0.4, -0.2) is 42.4 Å². The molecule has 1 saturated heterocycles. The summed E-state index contributed by atoms with van der Waals surface area (Å²) in [5.41, 5.74) is 0.685. The summed E-state index contributed by atoms with van der Waals surface area (Å²) in [4.78, 5) is 2.23. The third-order valence-corrected chi connectivity index (χ3v) is 5.90. The van der Waals surface area contributed by atoms with Gasteiger partial charge in [0.15, 0.2) is 0 Å². The van der Waals surface area contributed by atoms with Crippen LogP contribution in [0.2, 0.25) is 0 Å². The SMILES string of the molecule is Cl.N#CC1(c2ccccc2)CCN(CC(O)COc2cccc3ccccc23)CC1. The fourth-order valence-corrected chi connectivity index (χ4v) is 4.20. The minimum absolute atomic E-state index is 0. The summed E-state index contributed by atoms with van der Waals surface area (Å²) in [6.07, 6.45) is 0.995. The number of rotatable bonds is 6. The first-order valence-electron chi connectivity index (χ1n) is 10.2. The van der Waals surface area contributed by atoms with Gasteiger partial charge < -0.3 is 14.7 Å². The highest BCUT2D eigenvalue weighted by molar-refractivity contribution is 5.88. The molecule has 0 amide bonds.